The van der Waals surface area contributed by atoms with Gasteiger partial charge in [-0.15, -0.1) is 0 Å². The fourth-order valence-electron chi connectivity index (χ4n) is 1.20. The lowest BCUT2D eigenvalue weighted by Crippen LogP contribution is -2.30. The number of nitrogens with two attached hydrogens (primary N) is 1. The minimum atomic E-state index is -3.53. The first kappa shape index (κ1) is 15.1. The molecule has 5 nitrogen and oxygen atoms in total. The smallest absolute Gasteiger partial charge is 0.240 e. The summed E-state index contributed by atoms with van der Waals surface area (Å²) in [6.07, 6.45) is 0. The molecule has 0 spiro atoms. The van der Waals surface area contributed by atoms with Crippen molar-refractivity contribution in [2.75, 3.05) is 5.32 Å². The molecule has 0 saturated heterocycles. The molecule has 0 unspecified atom stereocenters. The molecule has 0 aromatic heterocycles. The van der Waals surface area contributed by atoms with Crippen molar-refractivity contribution < 1.29 is 13.2 Å². The average molecular weight is 335 g/mol. The van der Waals surface area contributed by atoms with E-state index in [9.17, 15) is 13.2 Å². The van der Waals surface area contributed by atoms with Crippen LogP contribution in [0, 0.1) is 0 Å². The maximum Gasteiger partial charge on any atom is 0.240 e. The van der Waals surface area contributed by atoms with Crippen LogP contribution < -0.4 is 10.5 Å². The van der Waals surface area contributed by atoms with E-state index in [-0.39, 0.29) is 11.7 Å². The molecule has 0 bridgehead atoms. The number of benzene rings is 1. The summed E-state index contributed by atoms with van der Waals surface area (Å²) < 4.78 is 21.1. The SMILES string of the molecule is CC(C)(Br)C(=O)Nc1ccc(CS(N)(=O)=O)cc1. The predicted molar refractivity (Wildman–Crippen MR) is 74.9 cm³/mol. The number of amides is 1. The van der Waals surface area contributed by atoms with Crippen molar-refractivity contribution in [1.29, 1.82) is 0 Å². The monoisotopic (exact) mass is 334 g/mol. The summed E-state index contributed by atoms with van der Waals surface area (Å²) in [7, 11) is -3.53. The van der Waals surface area contributed by atoms with Gasteiger partial charge in [0.15, 0.2) is 0 Å². The van der Waals surface area contributed by atoms with Crippen molar-refractivity contribution in [1.82, 2.24) is 0 Å². The molecule has 3 N–H and O–H groups in total. The molecule has 0 atom stereocenters. The van der Waals surface area contributed by atoms with E-state index in [2.05, 4.69) is 21.2 Å². The minimum absolute atomic E-state index is 0.179. The Morgan fingerprint density at radius 1 is 1.33 bits per heavy atom. The lowest BCUT2D eigenvalue weighted by molar-refractivity contribution is -0.117. The molecule has 0 aliphatic carbocycles. The van der Waals surface area contributed by atoms with E-state index in [1.165, 1.54) is 0 Å². The Bertz CT molecular complexity index is 532. The van der Waals surface area contributed by atoms with Gasteiger partial charge < -0.3 is 5.32 Å². The van der Waals surface area contributed by atoms with Crippen LogP contribution in [-0.2, 0) is 20.6 Å². The van der Waals surface area contributed by atoms with Gasteiger partial charge in [-0.05, 0) is 31.5 Å². The van der Waals surface area contributed by atoms with Crippen molar-refractivity contribution in [2.24, 2.45) is 5.14 Å². The number of alkyl halides is 1. The number of primary sulfonamides is 1. The van der Waals surface area contributed by atoms with Crippen LogP contribution in [-0.4, -0.2) is 18.6 Å². The van der Waals surface area contributed by atoms with Crippen LogP contribution in [0.4, 0.5) is 5.69 Å². The second kappa shape index (κ2) is 5.38. The Balaban J connectivity index is 2.75. The van der Waals surface area contributed by atoms with E-state index in [1.807, 2.05) is 0 Å². The fraction of sp³-hybridized carbons (Fsp3) is 0.364. The highest BCUT2D eigenvalue weighted by Crippen LogP contribution is 2.19. The van der Waals surface area contributed by atoms with Gasteiger partial charge in [0, 0.05) is 5.69 Å². The maximum absolute atomic E-state index is 11.7. The van der Waals surface area contributed by atoms with Gasteiger partial charge in [0.05, 0.1) is 10.1 Å². The van der Waals surface area contributed by atoms with Crippen molar-refractivity contribution >= 4 is 37.5 Å². The molecule has 0 fully saturated rings. The summed E-state index contributed by atoms with van der Waals surface area (Å²) >= 11 is 3.25. The van der Waals surface area contributed by atoms with Crippen molar-refractivity contribution in [2.45, 2.75) is 23.9 Å². The van der Waals surface area contributed by atoms with E-state index in [4.69, 9.17) is 5.14 Å². The first-order chi connectivity index (χ1) is 8.08. The number of hydrogen-bond acceptors (Lipinski definition) is 3. The van der Waals surface area contributed by atoms with Gasteiger partial charge in [-0.3, -0.25) is 4.79 Å². The third-order valence-electron chi connectivity index (χ3n) is 2.12. The first-order valence-corrected chi connectivity index (χ1v) is 7.68. The Morgan fingerprint density at radius 2 is 1.83 bits per heavy atom. The zero-order chi connectivity index (χ0) is 14.0. The molecule has 7 heteroatoms. The number of halogens is 1. The van der Waals surface area contributed by atoms with Gasteiger partial charge in [-0.25, -0.2) is 13.6 Å². The minimum Gasteiger partial charge on any atom is -0.325 e. The molecule has 0 aliphatic heterocycles. The largest absolute Gasteiger partial charge is 0.325 e. The van der Waals surface area contributed by atoms with E-state index in [0.29, 0.717) is 11.3 Å². The van der Waals surface area contributed by atoms with Gasteiger partial charge in [-0.1, -0.05) is 28.1 Å². The molecule has 0 saturated carbocycles. The molecule has 0 radical (unpaired) electrons. The number of rotatable bonds is 4. The van der Waals surface area contributed by atoms with Gasteiger partial charge in [0.25, 0.3) is 0 Å². The Morgan fingerprint density at radius 3 is 2.22 bits per heavy atom. The number of hydrogen-bond donors (Lipinski definition) is 2. The van der Waals surface area contributed by atoms with E-state index >= 15 is 0 Å². The number of sulfonamides is 1. The summed E-state index contributed by atoms with van der Waals surface area (Å²) in [6, 6.07) is 6.50. The highest BCUT2D eigenvalue weighted by molar-refractivity contribution is 9.10. The second-order valence-electron chi connectivity index (χ2n) is 4.43. The summed E-state index contributed by atoms with van der Waals surface area (Å²) in [5.74, 6) is -0.396. The lowest BCUT2D eigenvalue weighted by atomic mass is 10.2. The molecular weight excluding hydrogens is 320 g/mol. The number of carbonyl (C=O) groups excluding carboxylic acids is 1. The zero-order valence-electron chi connectivity index (χ0n) is 10.1. The van der Waals surface area contributed by atoms with Gasteiger partial charge in [0.1, 0.15) is 0 Å². The van der Waals surface area contributed by atoms with Crippen LogP contribution in [0.25, 0.3) is 0 Å². The molecule has 1 aromatic rings. The van der Waals surface area contributed by atoms with Crippen LogP contribution in [0.5, 0.6) is 0 Å². The Hall–Kier alpha value is -0.920. The molecule has 1 rings (SSSR count). The van der Waals surface area contributed by atoms with Crippen LogP contribution in [0.2, 0.25) is 0 Å². The Labute approximate surface area is 115 Å². The molecule has 18 heavy (non-hydrogen) atoms. The van der Waals surface area contributed by atoms with E-state index in [0.717, 1.165) is 0 Å². The lowest BCUT2D eigenvalue weighted by Gasteiger charge is -2.15. The third-order valence-corrected chi connectivity index (χ3v) is 3.22. The Kier molecular flexibility index (Phi) is 4.52. The van der Waals surface area contributed by atoms with Crippen molar-refractivity contribution in [3.05, 3.63) is 29.8 Å². The first-order valence-electron chi connectivity index (χ1n) is 5.18. The molecule has 0 aliphatic rings. The topological polar surface area (TPSA) is 89.3 Å². The van der Waals surface area contributed by atoms with Crippen molar-refractivity contribution in [3.8, 4) is 0 Å². The van der Waals surface area contributed by atoms with Gasteiger partial charge in [-0.2, -0.15) is 0 Å². The molecular formula is C11H15BrN2O3S. The van der Waals surface area contributed by atoms with Crippen molar-refractivity contribution in [3.63, 3.8) is 0 Å². The van der Waals surface area contributed by atoms with Crippen LogP contribution in [0.1, 0.15) is 19.4 Å². The molecule has 100 valence electrons. The number of nitrogens with one attached hydrogen (secondary N) is 1. The standard InChI is InChI=1S/C11H15BrN2O3S/c1-11(2,12)10(15)14-9-5-3-8(4-6-9)7-18(13,16)17/h3-6H,7H2,1-2H3,(H,14,15)(H2,13,16,17). The average Bonchev–Trinajstić information content (AvgIpc) is 2.17. The normalized spacial score (nSPS) is 12.2. The predicted octanol–water partition coefficient (Wildman–Crippen LogP) is 1.59. The second-order valence-corrected chi connectivity index (χ2v) is 8.03. The summed E-state index contributed by atoms with van der Waals surface area (Å²) in [5, 5.41) is 7.65. The number of anilines is 1. The van der Waals surface area contributed by atoms with Gasteiger partial charge >= 0.3 is 0 Å². The number of carbonyl (C=O) groups is 1. The zero-order valence-corrected chi connectivity index (χ0v) is 12.5. The van der Waals surface area contributed by atoms with Crippen LogP contribution in [0.3, 0.4) is 0 Å². The van der Waals surface area contributed by atoms with Gasteiger partial charge in [0.2, 0.25) is 15.9 Å². The summed E-state index contributed by atoms with van der Waals surface area (Å²) in [4.78, 5) is 11.7. The van der Waals surface area contributed by atoms with Crippen LogP contribution in [0.15, 0.2) is 24.3 Å². The highest BCUT2D eigenvalue weighted by Gasteiger charge is 2.23. The van der Waals surface area contributed by atoms with E-state index in [1.54, 1.807) is 38.1 Å². The van der Waals surface area contributed by atoms with E-state index < -0.39 is 14.3 Å². The van der Waals surface area contributed by atoms with Crippen LogP contribution >= 0.6 is 15.9 Å². The summed E-state index contributed by atoms with van der Waals surface area (Å²) in [6.45, 7) is 3.47. The molecule has 1 aromatic carbocycles. The fourth-order valence-corrected chi connectivity index (χ4v) is 1.95. The summed E-state index contributed by atoms with van der Waals surface area (Å²) in [5.41, 5.74) is 1.18. The maximum atomic E-state index is 11.7. The highest BCUT2D eigenvalue weighted by atomic mass is 79.9. The third kappa shape index (κ3) is 5.16. The quantitative estimate of drug-likeness (QED) is 0.819. The molecule has 0 heterocycles. The molecule has 1 amide bonds.